The maximum absolute atomic E-state index is 13.2. The van der Waals surface area contributed by atoms with Gasteiger partial charge in [-0.05, 0) is 17.2 Å². The van der Waals surface area contributed by atoms with E-state index >= 15 is 0 Å². The molecule has 0 bridgehead atoms. The summed E-state index contributed by atoms with van der Waals surface area (Å²) in [6.07, 6.45) is -2.43. The normalized spacial score (nSPS) is 24.9. The molecule has 6 heteroatoms. The van der Waals surface area contributed by atoms with Crippen LogP contribution >= 0.6 is 0 Å². The van der Waals surface area contributed by atoms with Gasteiger partial charge in [0.05, 0.1) is 5.56 Å². The van der Waals surface area contributed by atoms with E-state index in [-0.39, 0.29) is 12.0 Å². The topological polar surface area (TPSA) is 59.1 Å². The number of pyridine rings is 1. The zero-order valence-corrected chi connectivity index (χ0v) is 10.9. The third-order valence-electron chi connectivity index (χ3n) is 3.89. The molecule has 1 heterocycles. The van der Waals surface area contributed by atoms with Gasteiger partial charge >= 0.3 is 6.18 Å². The third kappa shape index (κ3) is 2.11. The molecule has 21 heavy (non-hydrogen) atoms. The van der Waals surface area contributed by atoms with E-state index in [1.54, 1.807) is 24.3 Å². The summed E-state index contributed by atoms with van der Waals surface area (Å²) < 4.78 is 39.5. The molecule has 1 aliphatic carbocycles. The van der Waals surface area contributed by atoms with Crippen molar-refractivity contribution >= 4 is 0 Å². The number of hydrogen-bond acceptors (Lipinski definition) is 3. The van der Waals surface area contributed by atoms with E-state index in [0.717, 1.165) is 18.5 Å². The third-order valence-corrected chi connectivity index (χ3v) is 3.89. The molecule has 2 aromatic rings. The van der Waals surface area contributed by atoms with Crippen molar-refractivity contribution in [3.05, 3.63) is 65.0 Å². The average molecular weight is 294 g/mol. The van der Waals surface area contributed by atoms with E-state index in [1.807, 2.05) is 0 Å². The highest BCUT2D eigenvalue weighted by Gasteiger charge is 2.47. The Kier molecular flexibility index (Phi) is 3.04. The van der Waals surface area contributed by atoms with Crippen LogP contribution in [0.5, 0.6) is 0 Å². The average Bonchev–Trinajstić information content (AvgIpc) is 2.72. The second-order valence-electron chi connectivity index (χ2n) is 5.18. The molecule has 1 aromatic carbocycles. The summed E-state index contributed by atoms with van der Waals surface area (Å²) in [6, 6.07) is 7.12. The summed E-state index contributed by atoms with van der Waals surface area (Å²) >= 11 is 0. The van der Waals surface area contributed by atoms with Crippen LogP contribution in [0.15, 0.2) is 42.7 Å². The first-order valence-corrected chi connectivity index (χ1v) is 6.43. The summed E-state index contributed by atoms with van der Waals surface area (Å²) in [4.78, 5) is 3.75. The number of nitrogens with two attached hydrogens (primary N) is 1. The summed E-state index contributed by atoms with van der Waals surface area (Å²) in [6.45, 7) is 0. The second-order valence-corrected chi connectivity index (χ2v) is 5.18. The summed E-state index contributed by atoms with van der Waals surface area (Å²) in [7, 11) is 0. The van der Waals surface area contributed by atoms with Gasteiger partial charge in [-0.15, -0.1) is 0 Å². The van der Waals surface area contributed by atoms with Gasteiger partial charge in [-0.3, -0.25) is 4.98 Å². The van der Waals surface area contributed by atoms with Crippen molar-refractivity contribution in [2.24, 2.45) is 5.73 Å². The van der Waals surface area contributed by atoms with Crippen LogP contribution in [-0.4, -0.2) is 10.1 Å². The zero-order chi connectivity index (χ0) is 15.3. The summed E-state index contributed by atoms with van der Waals surface area (Å²) in [5, 5.41) is 10.9. The number of nitrogens with zero attached hydrogens (tertiary/aromatic N) is 1. The summed E-state index contributed by atoms with van der Waals surface area (Å²) in [5.74, 6) is 0. The van der Waals surface area contributed by atoms with Crippen molar-refractivity contribution in [1.29, 1.82) is 0 Å². The molecule has 110 valence electrons. The second kappa shape index (κ2) is 4.54. The molecular weight excluding hydrogens is 281 g/mol. The molecule has 3 N–H and O–H groups in total. The van der Waals surface area contributed by atoms with Crippen LogP contribution in [-0.2, 0) is 11.8 Å². The van der Waals surface area contributed by atoms with E-state index in [9.17, 15) is 18.3 Å². The van der Waals surface area contributed by atoms with Crippen LogP contribution in [0, 0.1) is 0 Å². The van der Waals surface area contributed by atoms with E-state index in [1.165, 1.54) is 0 Å². The van der Waals surface area contributed by atoms with Crippen molar-refractivity contribution in [3.8, 4) is 0 Å². The molecule has 0 fully saturated rings. The van der Waals surface area contributed by atoms with E-state index in [4.69, 9.17) is 5.73 Å². The number of hydrogen-bond donors (Lipinski definition) is 2. The number of benzene rings is 1. The number of aromatic nitrogens is 1. The van der Waals surface area contributed by atoms with Crippen LogP contribution in [0.4, 0.5) is 13.2 Å². The summed E-state index contributed by atoms with van der Waals surface area (Å²) in [5.41, 5.74) is 4.13. The predicted octanol–water partition coefficient (Wildman–Crippen LogP) is 2.74. The quantitative estimate of drug-likeness (QED) is 0.850. The molecule has 1 aliphatic rings. The highest BCUT2D eigenvalue weighted by Crippen LogP contribution is 2.49. The van der Waals surface area contributed by atoms with Crippen molar-refractivity contribution in [1.82, 2.24) is 4.98 Å². The number of halogens is 3. The van der Waals surface area contributed by atoms with Gasteiger partial charge < -0.3 is 10.8 Å². The molecule has 0 amide bonds. The van der Waals surface area contributed by atoms with Gasteiger partial charge in [-0.25, -0.2) is 0 Å². The van der Waals surface area contributed by atoms with Crippen molar-refractivity contribution in [3.63, 3.8) is 0 Å². The van der Waals surface area contributed by atoms with Crippen LogP contribution in [0.3, 0.4) is 0 Å². The molecule has 0 saturated heterocycles. The number of rotatable bonds is 1. The molecule has 3 rings (SSSR count). The first-order chi connectivity index (χ1) is 9.84. The van der Waals surface area contributed by atoms with Crippen molar-refractivity contribution in [2.45, 2.75) is 24.2 Å². The molecule has 0 saturated carbocycles. The molecule has 0 aliphatic heterocycles. The number of fused-ring (bicyclic) bond motifs is 1. The Bertz CT molecular complexity index is 687. The minimum atomic E-state index is -4.56. The van der Waals surface area contributed by atoms with Crippen LogP contribution < -0.4 is 5.73 Å². The lowest BCUT2D eigenvalue weighted by atomic mass is 9.86. The fraction of sp³-hybridized carbons (Fsp3) is 0.267. The molecule has 0 spiro atoms. The standard InChI is InChI=1S/C15H13F3N2O/c16-15(17,18)11-5-6-20-8-12(11)14(21)7-13(19)9-3-1-2-4-10(9)14/h1-6,8,13,21H,7,19H2. The maximum Gasteiger partial charge on any atom is 0.416 e. The largest absolute Gasteiger partial charge is 0.416 e. The Balaban J connectivity index is 2.23. The smallest absolute Gasteiger partial charge is 0.380 e. The van der Waals surface area contributed by atoms with E-state index < -0.39 is 23.4 Å². The minimum absolute atomic E-state index is 0.00111. The predicted molar refractivity (Wildman–Crippen MR) is 70.2 cm³/mol. The first-order valence-electron chi connectivity index (χ1n) is 6.43. The van der Waals surface area contributed by atoms with Gasteiger partial charge in [0.1, 0.15) is 5.60 Å². The molecule has 3 nitrogen and oxygen atoms in total. The molecule has 2 unspecified atom stereocenters. The lowest BCUT2D eigenvalue weighted by Crippen LogP contribution is -2.29. The van der Waals surface area contributed by atoms with Gasteiger partial charge in [0, 0.05) is 30.4 Å². The van der Waals surface area contributed by atoms with Gasteiger partial charge in [-0.2, -0.15) is 13.2 Å². The van der Waals surface area contributed by atoms with Crippen LogP contribution in [0.25, 0.3) is 0 Å². The van der Waals surface area contributed by atoms with E-state index in [0.29, 0.717) is 11.1 Å². The Labute approximate surface area is 119 Å². The molecular formula is C15H13F3N2O. The Morgan fingerprint density at radius 3 is 2.62 bits per heavy atom. The highest BCUT2D eigenvalue weighted by molar-refractivity contribution is 5.49. The molecule has 0 radical (unpaired) electrons. The fourth-order valence-electron chi connectivity index (χ4n) is 2.96. The van der Waals surface area contributed by atoms with E-state index in [2.05, 4.69) is 4.98 Å². The monoisotopic (exact) mass is 294 g/mol. The van der Waals surface area contributed by atoms with Crippen molar-refractivity contribution < 1.29 is 18.3 Å². The fourth-order valence-corrected chi connectivity index (χ4v) is 2.96. The maximum atomic E-state index is 13.2. The van der Waals surface area contributed by atoms with Gasteiger partial charge in [0.25, 0.3) is 0 Å². The zero-order valence-electron chi connectivity index (χ0n) is 10.9. The van der Waals surface area contributed by atoms with Gasteiger partial charge in [-0.1, -0.05) is 24.3 Å². The Morgan fingerprint density at radius 1 is 1.19 bits per heavy atom. The Morgan fingerprint density at radius 2 is 1.90 bits per heavy atom. The minimum Gasteiger partial charge on any atom is -0.380 e. The molecule has 1 aromatic heterocycles. The van der Waals surface area contributed by atoms with Gasteiger partial charge in [0.2, 0.25) is 0 Å². The number of alkyl halides is 3. The first kappa shape index (κ1) is 14.0. The SMILES string of the molecule is NC1CC(O)(c2cnccc2C(F)(F)F)c2ccccc21. The highest BCUT2D eigenvalue weighted by atomic mass is 19.4. The van der Waals surface area contributed by atoms with Crippen molar-refractivity contribution in [2.75, 3.05) is 0 Å². The van der Waals surface area contributed by atoms with Crippen LogP contribution in [0.1, 0.15) is 34.7 Å². The number of aliphatic hydroxyl groups is 1. The lowest BCUT2D eigenvalue weighted by Gasteiger charge is -2.27. The van der Waals surface area contributed by atoms with Gasteiger partial charge in [0.15, 0.2) is 0 Å². The lowest BCUT2D eigenvalue weighted by molar-refractivity contribution is -0.140. The Hall–Kier alpha value is -1.92. The van der Waals surface area contributed by atoms with Crippen LogP contribution in [0.2, 0.25) is 0 Å². The molecule has 2 atom stereocenters.